The quantitative estimate of drug-likeness (QED) is 0.734. The minimum atomic E-state index is -0.594. The zero-order valence-corrected chi connectivity index (χ0v) is 16.8. The molecule has 1 aliphatic rings. The maximum absolute atomic E-state index is 12.7. The van der Waals surface area contributed by atoms with E-state index < -0.39 is 6.10 Å². The summed E-state index contributed by atoms with van der Waals surface area (Å²) in [6, 6.07) is 11.0. The minimum absolute atomic E-state index is 0.0228. The van der Waals surface area contributed by atoms with Crippen LogP contribution in [0, 0.1) is 0 Å². The smallest absolute Gasteiger partial charge is 0.263 e. The van der Waals surface area contributed by atoms with E-state index in [1.54, 1.807) is 25.1 Å². The number of pyridine rings is 1. The number of hydrogen-bond donors (Lipinski definition) is 0. The number of piperazine rings is 1. The van der Waals surface area contributed by atoms with Crippen molar-refractivity contribution in [3.8, 4) is 5.75 Å². The summed E-state index contributed by atoms with van der Waals surface area (Å²) in [5, 5.41) is 0.939. The Morgan fingerprint density at radius 1 is 1.19 bits per heavy atom. The van der Waals surface area contributed by atoms with E-state index in [0.717, 1.165) is 31.7 Å². The maximum atomic E-state index is 12.7. The van der Waals surface area contributed by atoms with Gasteiger partial charge >= 0.3 is 0 Å². The van der Waals surface area contributed by atoms with E-state index in [0.29, 0.717) is 28.9 Å². The summed E-state index contributed by atoms with van der Waals surface area (Å²) >= 11 is 12.0. The monoisotopic (exact) mass is 407 g/mol. The van der Waals surface area contributed by atoms with Crippen molar-refractivity contribution in [1.82, 2.24) is 14.8 Å². The Morgan fingerprint density at radius 2 is 1.96 bits per heavy atom. The Hall–Kier alpha value is -1.82. The lowest BCUT2D eigenvalue weighted by Gasteiger charge is -2.35. The van der Waals surface area contributed by atoms with E-state index in [1.165, 1.54) is 0 Å². The minimum Gasteiger partial charge on any atom is -0.479 e. The summed E-state index contributed by atoms with van der Waals surface area (Å²) in [6.45, 7) is 5.80. The van der Waals surface area contributed by atoms with Gasteiger partial charge in [0, 0.05) is 56.1 Å². The van der Waals surface area contributed by atoms with Crippen molar-refractivity contribution in [3.05, 3.63) is 58.3 Å². The zero-order valence-electron chi connectivity index (χ0n) is 15.3. The molecule has 7 heteroatoms. The number of ether oxygens (including phenoxy) is 1. The van der Waals surface area contributed by atoms with Crippen LogP contribution in [0.15, 0.2) is 42.6 Å². The predicted octanol–water partition coefficient (Wildman–Crippen LogP) is 3.54. The molecule has 3 rings (SSSR count). The summed E-state index contributed by atoms with van der Waals surface area (Å²) in [6.07, 6.45) is 2.15. The first-order valence-electron chi connectivity index (χ1n) is 9.05. The van der Waals surface area contributed by atoms with Crippen molar-refractivity contribution in [1.29, 1.82) is 0 Å². The highest BCUT2D eigenvalue weighted by atomic mass is 35.5. The van der Waals surface area contributed by atoms with Gasteiger partial charge in [-0.3, -0.25) is 14.7 Å². The van der Waals surface area contributed by atoms with Crippen molar-refractivity contribution < 1.29 is 9.53 Å². The molecular formula is C20H23Cl2N3O2. The molecule has 1 aromatic heterocycles. The van der Waals surface area contributed by atoms with Gasteiger partial charge in [-0.25, -0.2) is 0 Å². The average molecular weight is 408 g/mol. The van der Waals surface area contributed by atoms with Gasteiger partial charge in [-0.1, -0.05) is 29.3 Å². The topological polar surface area (TPSA) is 45.7 Å². The lowest BCUT2D eigenvalue weighted by atomic mass is 10.2. The van der Waals surface area contributed by atoms with Crippen LogP contribution >= 0.6 is 23.2 Å². The number of hydrogen-bond acceptors (Lipinski definition) is 4. The van der Waals surface area contributed by atoms with E-state index >= 15 is 0 Å². The Labute approximate surface area is 169 Å². The summed E-state index contributed by atoms with van der Waals surface area (Å²) < 4.78 is 5.74. The number of rotatable bonds is 6. The molecule has 1 atom stereocenters. The molecule has 144 valence electrons. The number of halogens is 2. The molecule has 5 nitrogen and oxygen atoms in total. The third-order valence-electron chi connectivity index (χ3n) is 4.64. The van der Waals surface area contributed by atoms with Crippen molar-refractivity contribution >= 4 is 29.1 Å². The molecule has 2 heterocycles. The molecule has 0 bridgehead atoms. The first-order chi connectivity index (χ1) is 13.0. The number of aromatic nitrogens is 1. The van der Waals surface area contributed by atoms with Gasteiger partial charge in [0.1, 0.15) is 5.75 Å². The fraction of sp³-hybridized carbons (Fsp3) is 0.400. The third-order valence-corrected chi connectivity index (χ3v) is 5.17. The molecule has 1 saturated heterocycles. The SMILES string of the molecule is CC(Oc1ccc(Cl)cc1Cl)C(=O)N1CCN(CCc2ccccn2)CC1. The van der Waals surface area contributed by atoms with Crippen LogP contribution in [0.1, 0.15) is 12.6 Å². The molecule has 27 heavy (non-hydrogen) atoms. The Morgan fingerprint density at radius 3 is 2.63 bits per heavy atom. The molecule has 1 aliphatic heterocycles. The number of carbonyl (C=O) groups excluding carboxylic acids is 1. The van der Waals surface area contributed by atoms with Gasteiger partial charge in [-0.05, 0) is 37.3 Å². The van der Waals surface area contributed by atoms with Crippen molar-refractivity contribution in [2.24, 2.45) is 0 Å². The van der Waals surface area contributed by atoms with Crippen LogP contribution in [-0.4, -0.2) is 59.5 Å². The highest BCUT2D eigenvalue weighted by Crippen LogP contribution is 2.28. The van der Waals surface area contributed by atoms with E-state index in [-0.39, 0.29) is 5.91 Å². The molecule has 0 saturated carbocycles. The van der Waals surface area contributed by atoms with Crippen LogP contribution in [0.4, 0.5) is 0 Å². The summed E-state index contributed by atoms with van der Waals surface area (Å²) in [4.78, 5) is 21.2. The molecule has 2 aromatic rings. The van der Waals surface area contributed by atoms with Crippen molar-refractivity contribution in [2.45, 2.75) is 19.4 Å². The van der Waals surface area contributed by atoms with Gasteiger partial charge < -0.3 is 9.64 Å². The Balaban J connectivity index is 1.46. The second kappa shape index (κ2) is 9.40. The second-order valence-electron chi connectivity index (χ2n) is 6.57. The molecule has 0 spiro atoms. The summed E-state index contributed by atoms with van der Waals surface area (Å²) in [7, 11) is 0. The van der Waals surface area contributed by atoms with E-state index in [4.69, 9.17) is 27.9 Å². The van der Waals surface area contributed by atoms with Crippen molar-refractivity contribution in [3.63, 3.8) is 0 Å². The third kappa shape index (κ3) is 5.58. The van der Waals surface area contributed by atoms with Crippen LogP contribution in [-0.2, 0) is 11.2 Å². The van der Waals surface area contributed by atoms with Crippen molar-refractivity contribution in [2.75, 3.05) is 32.7 Å². The highest BCUT2D eigenvalue weighted by Gasteiger charge is 2.26. The molecule has 0 aliphatic carbocycles. The fourth-order valence-corrected chi connectivity index (χ4v) is 3.53. The molecule has 0 radical (unpaired) electrons. The second-order valence-corrected chi connectivity index (χ2v) is 7.42. The van der Waals surface area contributed by atoms with Crippen LogP contribution in [0.25, 0.3) is 0 Å². The molecule has 1 fully saturated rings. The first kappa shape index (κ1) is 19.9. The number of nitrogens with zero attached hydrogens (tertiary/aromatic N) is 3. The van der Waals surface area contributed by atoms with Gasteiger partial charge in [0.25, 0.3) is 5.91 Å². The summed E-state index contributed by atoms with van der Waals surface area (Å²) in [5.41, 5.74) is 1.10. The van der Waals surface area contributed by atoms with E-state index in [2.05, 4.69) is 9.88 Å². The highest BCUT2D eigenvalue weighted by molar-refractivity contribution is 6.35. The average Bonchev–Trinajstić information content (AvgIpc) is 2.69. The Kier molecular flexibility index (Phi) is 6.94. The standard InChI is InChI=1S/C20H23Cl2N3O2/c1-15(27-19-6-5-16(21)14-18(19)22)20(26)25-12-10-24(11-13-25)9-7-17-4-2-3-8-23-17/h2-6,8,14-15H,7,9-13H2,1H3. The van der Waals surface area contributed by atoms with Gasteiger partial charge in [0.2, 0.25) is 0 Å². The zero-order chi connectivity index (χ0) is 19.2. The molecule has 1 unspecified atom stereocenters. The van der Waals surface area contributed by atoms with E-state index in [1.807, 2.05) is 29.3 Å². The van der Waals surface area contributed by atoms with Crippen LogP contribution in [0.2, 0.25) is 10.0 Å². The van der Waals surface area contributed by atoms with Gasteiger partial charge in [-0.2, -0.15) is 0 Å². The molecular weight excluding hydrogens is 385 g/mol. The fourth-order valence-electron chi connectivity index (χ4n) is 3.08. The van der Waals surface area contributed by atoms with Gasteiger partial charge in [-0.15, -0.1) is 0 Å². The molecule has 1 amide bonds. The Bertz CT molecular complexity index is 765. The number of amides is 1. The van der Waals surface area contributed by atoms with Gasteiger partial charge in [0.15, 0.2) is 6.10 Å². The summed E-state index contributed by atoms with van der Waals surface area (Å²) in [5.74, 6) is 0.446. The largest absolute Gasteiger partial charge is 0.479 e. The number of benzene rings is 1. The van der Waals surface area contributed by atoms with Crippen LogP contribution in [0.3, 0.4) is 0 Å². The van der Waals surface area contributed by atoms with E-state index in [9.17, 15) is 4.79 Å². The van der Waals surface area contributed by atoms with Crippen LogP contribution < -0.4 is 4.74 Å². The lowest BCUT2D eigenvalue weighted by Crippen LogP contribution is -2.52. The number of carbonyl (C=O) groups is 1. The normalized spacial score (nSPS) is 16.2. The van der Waals surface area contributed by atoms with Crippen LogP contribution in [0.5, 0.6) is 5.75 Å². The predicted molar refractivity (Wildman–Crippen MR) is 108 cm³/mol. The first-order valence-corrected chi connectivity index (χ1v) is 9.81. The molecule has 0 N–H and O–H groups in total. The lowest BCUT2D eigenvalue weighted by molar-refractivity contribution is -0.139. The van der Waals surface area contributed by atoms with Gasteiger partial charge in [0.05, 0.1) is 5.02 Å². The maximum Gasteiger partial charge on any atom is 0.263 e. The molecule has 1 aromatic carbocycles.